The van der Waals surface area contributed by atoms with E-state index in [1.54, 1.807) is 131 Å². The lowest BCUT2D eigenvalue weighted by Crippen LogP contribution is -2.45. The lowest BCUT2D eigenvalue weighted by molar-refractivity contribution is -0.140. The Bertz CT molecular complexity index is 5730. The standard InChI is InChI=1S/C32H26N2O6.C30H24N2O5.C12H12N2.C9H8O3.C9H6O3.C2H3ClO/c1-19(35)33-23-11-6-20(7-12-23)21-8-13-24(14-9-21)34-30(22-10-15-27-28(18-22)40-17-16-39-27)29(32(37)38)25-4-2-3-5-26(25)31(34)36;31-21-10-5-18(6-11-21)19-7-12-22(13-8-19)32-28(20-9-14-25-26(17-20)37-16-15-36-25)27(30(34)35)23-3-1-2-4-24(23)29(32)33;13-11-5-1-9(2-6-11)10-3-7-12(14)8-4-10;10-6-7-1-2-8-9(5-7)12-4-3-11-8;10-8-5-6-3-1-2-4-7(6)9(11)12-8;1-2(3)4/h2-15,18,29-30H,16-17H2,1H3,(H,33,35)(H,37,38);1-14,17,27-28H,15-16,31H2,(H,34,35);1-8H,13-14H2;1-2,5-6H,3-4H2;1-4H,5H2;1H3/t29-,30+;27-,28+;;;;/m11..../s1. The zero-order valence-electron chi connectivity index (χ0n) is 64.2. The number of benzene rings is 12. The molecule has 18 rings (SSSR count). The van der Waals surface area contributed by atoms with Crippen LogP contribution in [0.3, 0.4) is 0 Å². The lowest BCUT2D eigenvalue weighted by atomic mass is 9.79. The fraction of sp³-hybridized carbons (Fsp3) is 0.138. The van der Waals surface area contributed by atoms with Crippen LogP contribution in [0.4, 0.5) is 34.1 Å². The number of cyclic esters (lactones) is 2. The number of ether oxygens (including phenoxy) is 7. The Morgan fingerprint density at radius 2 is 0.739 bits per heavy atom. The summed E-state index contributed by atoms with van der Waals surface area (Å²) >= 11 is 4.64. The van der Waals surface area contributed by atoms with Gasteiger partial charge in [0.25, 0.3) is 11.8 Å². The first-order valence-electron chi connectivity index (χ1n) is 37.7. The molecule has 25 heteroatoms. The van der Waals surface area contributed by atoms with E-state index in [1.807, 2.05) is 152 Å². The number of halogens is 1. The van der Waals surface area contributed by atoms with Gasteiger partial charge >= 0.3 is 23.9 Å². The Labute approximate surface area is 688 Å². The lowest BCUT2D eigenvalue weighted by Gasteiger charge is -2.41. The summed E-state index contributed by atoms with van der Waals surface area (Å²) in [6, 6.07) is 80.6. The number of carbonyl (C=O) groups is 9. The fourth-order valence-corrected chi connectivity index (χ4v) is 14.3. The van der Waals surface area contributed by atoms with Crippen LogP contribution in [0.15, 0.2) is 273 Å². The van der Waals surface area contributed by atoms with Crippen LogP contribution in [-0.4, -0.2) is 103 Å². The molecule has 0 unspecified atom stereocenters. The van der Waals surface area contributed by atoms with Crippen molar-refractivity contribution in [2.45, 2.75) is 44.2 Å². The van der Waals surface area contributed by atoms with Gasteiger partial charge in [-0.3, -0.25) is 48.2 Å². The number of carboxylic acids is 2. The summed E-state index contributed by atoms with van der Waals surface area (Å²) in [4.78, 5) is 109. The van der Waals surface area contributed by atoms with Gasteiger partial charge in [-0.2, -0.15) is 0 Å². The van der Waals surface area contributed by atoms with E-state index < -0.39 is 47.8 Å². The van der Waals surface area contributed by atoms with E-state index >= 15 is 0 Å². The minimum atomic E-state index is -1.03. The monoisotopic (exact) mass is 1610 g/mol. The second kappa shape index (κ2) is 37.5. The van der Waals surface area contributed by atoms with Crippen LogP contribution in [0.5, 0.6) is 34.5 Å². The third kappa shape index (κ3) is 19.5. The average molecular weight is 1620 g/mol. The van der Waals surface area contributed by atoms with Crippen molar-refractivity contribution >= 4 is 98.9 Å². The summed E-state index contributed by atoms with van der Waals surface area (Å²) in [5, 5.41) is 23.3. The van der Waals surface area contributed by atoms with Crippen LogP contribution in [0, 0.1) is 0 Å². The summed E-state index contributed by atoms with van der Waals surface area (Å²) in [5.41, 5.74) is 32.1. The molecule has 3 amide bonds. The topological polar surface area (TPSA) is 355 Å². The van der Waals surface area contributed by atoms with Crippen molar-refractivity contribution in [3.05, 3.63) is 323 Å². The highest BCUT2D eigenvalue weighted by atomic mass is 35.5. The number of nitrogen functional groups attached to an aromatic ring is 3. The van der Waals surface area contributed by atoms with Crippen molar-refractivity contribution in [2.24, 2.45) is 0 Å². The van der Waals surface area contributed by atoms with Gasteiger partial charge in [0.15, 0.2) is 34.5 Å². The molecular formula is C94H79ClN6O18. The molecule has 0 spiro atoms. The molecule has 0 bridgehead atoms. The molecule has 4 atom stereocenters. The van der Waals surface area contributed by atoms with E-state index in [2.05, 4.69) is 21.7 Å². The van der Waals surface area contributed by atoms with Gasteiger partial charge in [-0.25, -0.2) is 4.79 Å². The number of esters is 2. The number of rotatable bonds is 11. The number of nitrogens with zero attached hydrogens (tertiary/aromatic N) is 2. The fourth-order valence-electron chi connectivity index (χ4n) is 14.3. The SMILES string of the molecule is CC(=O)Cl.CC(=O)Nc1ccc(-c2ccc(N3C(=O)c4ccccc4[C@@H](C(=O)O)[C@@H]3c3ccc4c(c3)OCCO4)cc2)cc1.Nc1ccc(-c2ccc(N)cc2)cc1.Nc1ccc(-c2ccc(N3C(=O)c4ccccc4[C@@H](C(=O)O)[C@@H]3c3ccc4c(c3)OCCO4)cc2)cc1.O=C1Cc2ccccc2C(=O)O1.O=Cc1ccc2c(c1)OCCO2. The molecule has 0 aromatic heterocycles. The number of amides is 3. The van der Waals surface area contributed by atoms with E-state index in [9.17, 15) is 53.4 Å². The molecule has 12 aromatic rings. The van der Waals surface area contributed by atoms with Gasteiger partial charge in [-0.05, 0) is 206 Å². The molecule has 600 valence electrons. The number of nitrogens with two attached hydrogens (primary N) is 3. The molecule has 6 aliphatic heterocycles. The number of hydrogen-bond acceptors (Lipinski definition) is 19. The molecule has 119 heavy (non-hydrogen) atoms. The second-order valence-corrected chi connectivity index (χ2v) is 28.2. The van der Waals surface area contributed by atoms with Gasteiger partial charge in [0.1, 0.15) is 57.8 Å². The third-order valence-electron chi connectivity index (χ3n) is 19.7. The zero-order valence-corrected chi connectivity index (χ0v) is 65.0. The predicted molar refractivity (Wildman–Crippen MR) is 451 cm³/mol. The molecule has 6 heterocycles. The van der Waals surface area contributed by atoms with Gasteiger partial charge in [-0.1, -0.05) is 140 Å². The average Bonchev–Trinajstić information content (AvgIpc) is 0.740. The molecule has 24 nitrogen and oxygen atoms in total. The first-order valence-corrected chi connectivity index (χ1v) is 38.0. The Hall–Kier alpha value is -15.0. The van der Waals surface area contributed by atoms with Gasteiger partial charge in [0, 0.05) is 64.7 Å². The number of aliphatic carboxylic acids is 2. The Balaban J connectivity index is 0.000000140. The summed E-state index contributed by atoms with van der Waals surface area (Å²) < 4.78 is 37.9. The number of carboxylic acid groups (broad SMARTS) is 2. The van der Waals surface area contributed by atoms with Crippen molar-refractivity contribution in [1.29, 1.82) is 0 Å². The van der Waals surface area contributed by atoms with Gasteiger partial charge < -0.3 is 65.9 Å². The maximum absolute atomic E-state index is 14.0. The quantitative estimate of drug-likeness (QED) is 0.0230. The minimum absolute atomic E-state index is 0.142. The largest absolute Gasteiger partial charge is 0.486 e. The van der Waals surface area contributed by atoms with E-state index in [1.165, 1.54) is 13.8 Å². The molecule has 9 N–H and O–H groups in total. The van der Waals surface area contributed by atoms with Crippen molar-refractivity contribution in [3.8, 4) is 67.9 Å². The first-order chi connectivity index (χ1) is 57.6. The highest BCUT2D eigenvalue weighted by Crippen LogP contribution is 2.50. The summed E-state index contributed by atoms with van der Waals surface area (Å²) in [5.74, 6) is -2.08. The maximum atomic E-state index is 14.0. The van der Waals surface area contributed by atoms with Crippen molar-refractivity contribution in [1.82, 2.24) is 0 Å². The van der Waals surface area contributed by atoms with E-state index in [4.69, 9.17) is 45.6 Å². The van der Waals surface area contributed by atoms with E-state index in [0.717, 1.165) is 56.6 Å². The predicted octanol–water partition coefficient (Wildman–Crippen LogP) is 16.4. The van der Waals surface area contributed by atoms with Gasteiger partial charge in [0.2, 0.25) is 11.1 Å². The van der Waals surface area contributed by atoms with Crippen LogP contribution >= 0.6 is 11.6 Å². The van der Waals surface area contributed by atoms with Gasteiger partial charge in [-0.15, -0.1) is 0 Å². The third-order valence-corrected chi connectivity index (χ3v) is 19.7. The van der Waals surface area contributed by atoms with Crippen LogP contribution in [-0.2, 0) is 35.1 Å². The van der Waals surface area contributed by atoms with Crippen molar-refractivity contribution in [3.63, 3.8) is 0 Å². The van der Waals surface area contributed by atoms with Crippen molar-refractivity contribution in [2.75, 3.05) is 72.0 Å². The van der Waals surface area contributed by atoms with Crippen LogP contribution in [0.25, 0.3) is 33.4 Å². The number of carbonyl (C=O) groups excluding carboxylic acids is 7. The molecule has 0 radical (unpaired) electrons. The summed E-state index contributed by atoms with van der Waals surface area (Å²) in [7, 11) is 0. The Morgan fingerprint density at radius 3 is 1.11 bits per heavy atom. The molecule has 12 aromatic carbocycles. The molecule has 0 saturated carbocycles. The van der Waals surface area contributed by atoms with Crippen LogP contribution in [0.2, 0.25) is 0 Å². The normalized spacial score (nSPS) is 16.0. The Kier molecular flexibility index (Phi) is 25.8. The highest BCUT2D eigenvalue weighted by molar-refractivity contribution is 6.62. The van der Waals surface area contributed by atoms with Crippen LogP contribution in [0.1, 0.15) is 107 Å². The molecular weight excluding hydrogens is 1540 g/mol. The molecule has 0 aliphatic carbocycles. The minimum Gasteiger partial charge on any atom is -0.486 e. The molecule has 0 fully saturated rings. The first kappa shape index (κ1) is 82.0. The zero-order chi connectivity index (χ0) is 83.8. The number of hydrogen-bond donors (Lipinski definition) is 6. The van der Waals surface area contributed by atoms with Crippen LogP contribution < -0.4 is 60.7 Å². The summed E-state index contributed by atoms with van der Waals surface area (Å²) in [6.45, 7) is 5.56. The highest BCUT2D eigenvalue weighted by Gasteiger charge is 2.47. The number of fused-ring (bicyclic) bond motifs is 6. The summed E-state index contributed by atoms with van der Waals surface area (Å²) in [6.07, 6.45) is 0.986. The number of anilines is 6. The number of aldehydes is 1. The molecule has 6 aliphatic rings. The van der Waals surface area contributed by atoms with E-state index in [0.29, 0.717) is 141 Å². The smallest absolute Gasteiger partial charge is 0.346 e. The van der Waals surface area contributed by atoms with E-state index in [-0.39, 0.29) is 29.4 Å². The Morgan fingerprint density at radius 1 is 0.412 bits per heavy atom. The number of nitrogens with one attached hydrogen (secondary N) is 1. The second-order valence-electron chi connectivity index (χ2n) is 27.7. The van der Waals surface area contributed by atoms with Crippen molar-refractivity contribution < 1.29 is 86.5 Å². The van der Waals surface area contributed by atoms with Gasteiger partial charge in [0.05, 0.1) is 24.1 Å². The maximum Gasteiger partial charge on any atom is 0.346 e. The molecule has 0 saturated heterocycles.